The maximum absolute atomic E-state index is 12.2. The average molecular weight is 378 g/mol. The van der Waals surface area contributed by atoms with Crippen LogP contribution < -0.4 is 0 Å². The van der Waals surface area contributed by atoms with Gasteiger partial charge in [-0.1, -0.05) is 56.8 Å². The summed E-state index contributed by atoms with van der Waals surface area (Å²) in [5.41, 5.74) is 1.21. The van der Waals surface area contributed by atoms with Crippen LogP contribution in [-0.2, 0) is 6.42 Å². The van der Waals surface area contributed by atoms with Crippen molar-refractivity contribution < 1.29 is 4.79 Å². The molecular weight excluding hydrogens is 370 g/mol. The minimum absolute atomic E-state index is 0.0817. The third kappa shape index (κ3) is 3.73. The van der Waals surface area contributed by atoms with Crippen LogP contribution in [0.1, 0.15) is 15.9 Å². The largest absolute Gasteiger partial charge is 0.294 e. The quantitative estimate of drug-likeness (QED) is 0.614. The van der Waals surface area contributed by atoms with Gasteiger partial charge < -0.3 is 0 Å². The van der Waals surface area contributed by atoms with Gasteiger partial charge in [0.05, 0.1) is 5.02 Å². The molecule has 19 heavy (non-hydrogen) atoms. The number of ketones is 1. The van der Waals surface area contributed by atoms with E-state index in [1.54, 1.807) is 36.4 Å². The monoisotopic (exact) mass is 376 g/mol. The lowest BCUT2D eigenvalue weighted by Gasteiger charge is -2.06. The fraction of sp³-hybridized carbons (Fsp3) is 0.0714. The highest BCUT2D eigenvalue weighted by Crippen LogP contribution is 2.25. The molecule has 5 heteroatoms. The van der Waals surface area contributed by atoms with Crippen molar-refractivity contribution in [2.45, 2.75) is 6.42 Å². The van der Waals surface area contributed by atoms with Crippen LogP contribution in [0.3, 0.4) is 0 Å². The Morgan fingerprint density at radius 2 is 1.74 bits per heavy atom. The fourth-order valence-electron chi connectivity index (χ4n) is 1.65. The number of Topliss-reactive ketones (excluding diaryl/α,β-unsaturated/α-hetero) is 1. The molecule has 1 nitrogen and oxygen atoms in total. The van der Waals surface area contributed by atoms with Gasteiger partial charge in [0.2, 0.25) is 0 Å². The summed E-state index contributed by atoms with van der Waals surface area (Å²) in [5, 5.41) is 1.45. The molecule has 0 amide bonds. The highest BCUT2D eigenvalue weighted by atomic mass is 79.9. The zero-order valence-corrected chi connectivity index (χ0v) is 13.4. The van der Waals surface area contributed by atoms with E-state index in [2.05, 4.69) is 15.9 Å². The number of benzene rings is 2. The van der Waals surface area contributed by atoms with Crippen molar-refractivity contribution in [2.24, 2.45) is 0 Å². The Morgan fingerprint density at radius 1 is 1.00 bits per heavy atom. The molecule has 0 fully saturated rings. The highest BCUT2D eigenvalue weighted by Gasteiger charge is 2.13. The minimum atomic E-state index is -0.0817. The van der Waals surface area contributed by atoms with E-state index in [0.717, 1.165) is 10.0 Å². The minimum Gasteiger partial charge on any atom is -0.294 e. The molecule has 2 aromatic carbocycles. The van der Waals surface area contributed by atoms with E-state index in [9.17, 15) is 4.79 Å². The molecule has 0 unspecified atom stereocenters. The number of carbonyl (C=O) groups excluding carboxylic acids is 1. The van der Waals surface area contributed by atoms with Gasteiger partial charge in [-0.05, 0) is 35.9 Å². The molecule has 0 aromatic heterocycles. The molecule has 0 aliphatic heterocycles. The number of halogens is 4. The first-order valence-corrected chi connectivity index (χ1v) is 7.32. The Balaban J connectivity index is 2.25. The summed E-state index contributed by atoms with van der Waals surface area (Å²) < 4.78 is 0.832. The van der Waals surface area contributed by atoms with Crippen LogP contribution in [0.15, 0.2) is 40.9 Å². The van der Waals surface area contributed by atoms with Crippen LogP contribution in [0.25, 0.3) is 0 Å². The maximum Gasteiger partial charge on any atom is 0.168 e. The maximum atomic E-state index is 12.2. The predicted molar refractivity (Wildman–Crippen MR) is 83.6 cm³/mol. The number of rotatable bonds is 3. The summed E-state index contributed by atoms with van der Waals surface area (Å²) in [7, 11) is 0. The van der Waals surface area contributed by atoms with Gasteiger partial charge >= 0.3 is 0 Å². The second-order valence-electron chi connectivity index (χ2n) is 3.96. The molecule has 0 saturated heterocycles. The topological polar surface area (TPSA) is 17.1 Å². The molecule has 0 aliphatic rings. The molecule has 0 aliphatic carbocycles. The molecule has 0 saturated carbocycles. The van der Waals surface area contributed by atoms with Crippen molar-refractivity contribution in [3.05, 3.63) is 67.1 Å². The summed E-state index contributed by atoms with van der Waals surface area (Å²) in [6.07, 6.45) is 0.192. The normalized spacial score (nSPS) is 10.5. The average Bonchev–Trinajstić information content (AvgIpc) is 2.32. The van der Waals surface area contributed by atoms with Crippen molar-refractivity contribution in [1.82, 2.24) is 0 Å². The van der Waals surface area contributed by atoms with Crippen LogP contribution in [0.5, 0.6) is 0 Å². The molecule has 2 rings (SSSR count). The molecule has 98 valence electrons. The number of carbonyl (C=O) groups is 1. The summed E-state index contributed by atoms with van der Waals surface area (Å²) in [6.45, 7) is 0. The predicted octanol–water partition coefficient (Wildman–Crippen LogP) is 5.83. The third-order valence-corrected chi connectivity index (χ3v) is 3.99. The Morgan fingerprint density at radius 3 is 2.37 bits per heavy atom. The first-order valence-electron chi connectivity index (χ1n) is 5.39. The first kappa shape index (κ1) is 14.9. The van der Waals surface area contributed by atoms with Gasteiger partial charge in [-0.25, -0.2) is 0 Å². The Bertz CT molecular complexity index is 641. The lowest BCUT2D eigenvalue weighted by molar-refractivity contribution is 0.0993. The van der Waals surface area contributed by atoms with Crippen molar-refractivity contribution in [1.29, 1.82) is 0 Å². The van der Waals surface area contributed by atoms with E-state index in [1.165, 1.54) is 0 Å². The van der Waals surface area contributed by atoms with Crippen LogP contribution in [-0.4, -0.2) is 5.78 Å². The molecule has 0 bridgehead atoms. The fourth-order valence-corrected chi connectivity index (χ4v) is 2.90. The second kappa shape index (κ2) is 6.27. The van der Waals surface area contributed by atoms with Gasteiger partial charge in [0.15, 0.2) is 5.78 Å². The van der Waals surface area contributed by atoms with E-state index in [1.807, 2.05) is 0 Å². The van der Waals surface area contributed by atoms with Crippen molar-refractivity contribution >= 4 is 56.5 Å². The standard InChI is InChI=1S/C14H8BrCl3O/c15-9-2-4-11(13(18)6-9)14(19)5-8-1-3-10(16)7-12(8)17/h1-4,6-7H,5H2. The highest BCUT2D eigenvalue weighted by molar-refractivity contribution is 9.10. The lowest BCUT2D eigenvalue weighted by atomic mass is 10.0. The van der Waals surface area contributed by atoms with Gasteiger partial charge in [0, 0.05) is 26.5 Å². The van der Waals surface area contributed by atoms with Crippen molar-refractivity contribution in [2.75, 3.05) is 0 Å². The summed E-state index contributed by atoms with van der Waals surface area (Å²) in [6, 6.07) is 10.2. The Hall–Kier alpha value is -0.540. The third-order valence-electron chi connectivity index (χ3n) is 2.60. The molecule has 0 heterocycles. The first-order chi connectivity index (χ1) is 8.97. The molecule has 2 aromatic rings. The molecular formula is C14H8BrCl3O. The molecule has 0 N–H and O–H groups in total. The van der Waals surface area contributed by atoms with E-state index in [0.29, 0.717) is 20.6 Å². The van der Waals surface area contributed by atoms with Crippen molar-refractivity contribution in [3.63, 3.8) is 0 Å². The van der Waals surface area contributed by atoms with Crippen LogP contribution in [0.4, 0.5) is 0 Å². The number of hydrogen-bond donors (Lipinski definition) is 0. The zero-order chi connectivity index (χ0) is 14.0. The van der Waals surface area contributed by atoms with Crippen LogP contribution in [0, 0.1) is 0 Å². The van der Waals surface area contributed by atoms with E-state index < -0.39 is 0 Å². The summed E-state index contributed by atoms with van der Waals surface area (Å²) >= 11 is 21.2. The van der Waals surface area contributed by atoms with Crippen molar-refractivity contribution in [3.8, 4) is 0 Å². The zero-order valence-electron chi connectivity index (χ0n) is 9.59. The van der Waals surface area contributed by atoms with Gasteiger partial charge in [-0.2, -0.15) is 0 Å². The SMILES string of the molecule is O=C(Cc1ccc(Cl)cc1Cl)c1ccc(Br)cc1Cl. The molecule has 0 radical (unpaired) electrons. The van der Waals surface area contributed by atoms with Gasteiger partial charge in [0.1, 0.15) is 0 Å². The van der Waals surface area contributed by atoms with Gasteiger partial charge in [-0.15, -0.1) is 0 Å². The number of hydrogen-bond acceptors (Lipinski definition) is 1. The van der Waals surface area contributed by atoms with Gasteiger partial charge in [0.25, 0.3) is 0 Å². The Kier molecular flexibility index (Phi) is 4.91. The molecule has 0 spiro atoms. The van der Waals surface area contributed by atoms with Gasteiger partial charge in [-0.3, -0.25) is 4.79 Å². The lowest BCUT2D eigenvalue weighted by Crippen LogP contribution is -2.04. The molecule has 0 atom stereocenters. The summed E-state index contributed by atoms with van der Waals surface area (Å²) in [5.74, 6) is -0.0817. The smallest absolute Gasteiger partial charge is 0.168 e. The summed E-state index contributed by atoms with van der Waals surface area (Å²) in [4.78, 5) is 12.2. The van der Waals surface area contributed by atoms with Crippen LogP contribution >= 0.6 is 50.7 Å². The second-order valence-corrected chi connectivity index (χ2v) is 6.13. The van der Waals surface area contributed by atoms with E-state index in [4.69, 9.17) is 34.8 Å². The van der Waals surface area contributed by atoms with E-state index in [-0.39, 0.29) is 12.2 Å². The van der Waals surface area contributed by atoms with E-state index >= 15 is 0 Å². The Labute approximate surface area is 134 Å². The van der Waals surface area contributed by atoms with Crippen LogP contribution in [0.2, 0.25) is 15.1 Å².